The van der Waals surface area contributed by atoms with Crippen LogP contribution in [0.5, 0.6) is 0 Å². The van der Waals surface area contributed by atoms with E-state index in [0.29, 0.717) is 35.4 Å². The summed E-state index contributed by atoms with van der Waals surface area (Å²) in [5, 5.41) is 0. The molecular weight excluding hydrogens is 228 g/mol. The SMILES string of the molecule is CC(C)CC(CN)Cc1nc2ncnc(N)c2[nH]1. The summed E-state index contributed by atoms with van der Waals surface area (Å²) in [7, 11) is 0. The Bertz CT molecular complexity index is 518. The predicted octanol–water partition coefficient (Wildman–Crippen LogP) is 1.10. The minimum absolute atomic E-state index is 0.430. The molecule has 2 aromatic rings. The summed E-state index contributed by atoms with van der Waals surface area (Å²) < 4.78 is 0. The lowest BCUT2D eigenvalue weighted by Gasteiger charge is -2.15. The van der Waals surface area contributed by atoms with Gasteiger partial charge in [0.05, 0.1) is 0 Å². The van der Waals surface area contributed by atoms with Gasteiger partial charge in [0.25, 0.3) is 0 Å². The first-order valence-corrected chi connectivity index (χ1v) is 6.25. The second-order valence-corrected chi connectivity index (χ2v) is 5.08. The third kappa shape index (κ3) is 2.76. The van der Waals surface area contributed by atoms with Gasteiger partial charge in [0.2, 0.25) is 0 Å². The highest BCUT2D eigenvalue weighted by atomic mass is 15.0. The number of nitrogens with one attached hydrogen (secondary N) is 1. The van der Waals surface area contributed by atoms with Crippen molar-refractivity contribution in [3.05, 3.63) is 12.2 Å². The van der Waals surface area contributed by atoms with Gasteiger partial charge in [-0.1, -0.05) is 13.8 Å². The molecule has 0 aliphatic heterocycles. The van der Waals surface area contributed by atoms with Gasteiger partial charge in [0, 0.05) is 6.42 Å². The lowest BCUT2D eigenvalue weighted by molar-refractivity contribution is 0.410. The quantitative estimate of drug-likeness (QED) is 0.734. The van der Waals surface area contributed by atoms with Gasteiger partial charge in [-0.25, -0.2) is 15.0 Å². The largest absolute Gasteiger partial charge is 0.382 e. The first-order valence-electron chi connectivity index (χ1n) is 6.25. The molecule has 0 amide bonds. The number of rotatable bonds is 5. The number of hydrogen-bond donors (Lipinski definition) is 3. The van der Waals surface area contributed by atoms with E-state index in [1.54, 1.807) is 0 Å². The van der Waals surface area contributed by atoms with E-state index in [1.807, 2.05) is 0 Å². The Kier molecular flexibility index (Phi) is 3.76. The lowest BCUT2D eigenvalue weighted by Crippen LogP contribution is -2.19. The summed E-state index contributed by atoms with van der Waals surface area (Å²) >= 11 is 0. The highest BCUT2D eigenvalue weighted by molar-refractivity contribution is 5.80. The van der Waals surface area contributed by atoms with Crippen LogP contribution in [-0.4, -0.2) is 26.5 Å². The maximum absolute atomic E-state index is 5.80. The Labute approximate surface area is 106 Å². The van der Waals surface area contributed by atoms with Crippen molar-refractivity contribution in [1.82, 2.24) is 19.9 Å². The van der Waals surface area contributed by atoms with E-state index in [0.717, 1.165) is 18.7 Å². The van der Waals surface area contributed by atoms with Crippen LogP contribution in [0, 0.1) is 11.8 Å². The number of aromatic amines is 1. The molecule has 1 unspecified atom stereocenters. The van der Waals surface area contributed by atoms with Gasteiger partial charge in [0.1, 0.15) is 17.7 Å². The van der Waals surface area contributed by atoms with Crippen LogP contribution in [0.25, 0.3) is 11.2 Å². The second-order valence-electron chi connectivity index (χ2n) is 5.08. The van der Waals surface area contributed by atoms with Crippen LogP contribution in [0.4, 0.5) is 5.82 Å². The van der Waals surface area contributed by atoms with Crippen LogP contribution in [0.15, 0.2) is 6.33 Å². The molecule has 6 nitrogen and oxygen atoms in total. The Morgan fingerprint density at radius 3 is 2.72 bits per heavy atom. The van der Waals surface area contributed by atoms with E-state index in [4.69, 9.17) is 11.5 Å². The molecule has 2 rings (SSSR count). The molecule has 0 spiro atoms. The fraction of sp³-hybridized carbons (Fsp3) is 0.583. The number of nitrogens with two attached hydrogens (primary N) is 2. The molecule has 5 N–H and O–H groups in total. The van der Waals surface area contributed by atoms with Crippen molar-refractivity contribution in [2.45, 2.75) is 26.7 Å². The van der Waals surface area contributed by atoms with E-state index in [9.17, 15) is 0 Å². The highest BCUT2D eigenvalue weighted by Crippen LogP contribution is 2.18. The number of anilines is 1. The van der Waals surface area contributed by atoms with Crippen LogP contribution in [-0.2, 0) is 6.42 Å². The molecule has 1 atom stereocenters. The van der Waals surface area contributed by atoms with Crippen molar-refractivity contribution < 1.29 is 0 Å². The van der Waals surface area contributed by atoms with Crippen LogP contribution >= 0.6 is 0 Å². The number of imidazole rings is 1. The highest BCUT2D eigenvalue weighted by Gasteiger charge is 2.14. The third-order valence-corrected chi connectivity index (χ3v) is 2.99. The maximum atomic E-state index is 5.80. The summed E-state index contributed by atoms with van der Waals surface area (Å²) in [4.78, 5) is 15.6. The number of aromatic nitrogens is 4. The fourth-order valence-electron chi connectivity index (χ4n) is 2.19. The van der Waals surface area contributed by atoms with Crippen molar-refractivity contribution in [2.75, 3.05) is 12.3 Å². The van der Waals surface area contributed by atoms with E-state index >= 15 is 0 Å². The Hall–Kier alpha value is -1.69. The summed E-state index contributed by atoms with van der Waals surface area (Å²) in [6.45, 7) is 5.06. The number of hydrogen-bond acceptors (Lipinski definition) is 5. The first kappa shape index (κ1) is 12.8. The van der Waals surface area contributed by atoms with Gasteiger partial charge in [-0.3, -0.25) is 0 Å². The second kappa shape index (κ2) is 5.30. The minimum Gasteiger partial charge on any atom is -0.382 e. The molecule has 6 heteroatoms. The molecule has 2 heterocycles. The number of nitrogens with zero attached hydrogens (tertiary/aromatic N) is 3. The fourth-order valence-corrected chi connectivity index (χ4v) is 2.19. The summed E-state index contributed by atoms with van der Waals surface area (Å²) in [5.41, 5.74) is 12.9. The lowest BCUT2D eigenvalue weighted by atomic mass is 9.94. The van der Waals surface area contributed by atoms with Crippen LogP contribution in [0.2, 0.25) is 0 Å². The van der Waals surface area contributed by atoms with Gasteiger partial charge in [-0.2, -0.15) is 0 Å². The van der Waals surface area contributed by atoms with Crippen molar-refractivity contribution in [3.8, 4) is 0 Å². The van der Waals surface area contributed by atoms with Gasteiger partial charge >= 0.3 is 0 Å². The molecule has 0 aromatic carbocycles. The average Bonchev–Trinajstić information content (AvgIpc) is 2.71. The zero-order valence-corrected chi connectivity index (χ0v) is 10.8. The molecule has 18 heavy (non-hydrogen) atoms. The third-order valence-electron chi connectivity index (χ3n) is 2.99. The minimum atomic E-state index is 0.430. The molecule has 0 bridgehead atoms. The van der Waals surface area contributed by atoms with E-state index in [2.05, 4.69) is 33.8 Å². The topological polar surface area (TPSA) is 106 Å². The van der Waals surface area contributed by atoms with E-state index in [-0.39, 0.29) is 0 Å². The van der Waals surface area contributed by atoms with Crippen LogP contribution in [0.3, 0.4) is 0 Å². The number of H-pyrrole nitrogens is 1. The molecule has 0 saturated heterocycles. The van der Waals surface area contributed by atoms with E-state index < -0.39 is 0 Å². The molecule has 2 aromatic heterocycles. The first-order chi connectivity index (χ1) is 8.60. The summed E-state index contributed by atoms with van der Waals surface area (Å²) in [6.07, 6.45) is 3.34. The van der Waals surface area contributed by atoms with Gasteiger partial charge in [0.15, 0.2) is 11.5 Å². The summed E-state index contributed by atoms with van der Waals surface area (Å²) in [5.74, 6) is 2.38. The van der Waals surface area contributed by atoms with Crippen molar-refractivity contribution >= 4 is 17.0 Å². The van der Waals surface area contributed by atoms with E-state index in [1.165, 1.54) is 6.33 Å². The summed E-state index contributed by atoms with van der Waals surface area (Å²) in [6, 6.07) is 0. The molecule has 0 radical (unpaired) electrons. The Morgan fingerprint density at radius 2 is 2.11 bits per heavy atom. The monoisotopic (exact) mass is 248 g/mol. The van der Waals surface area contributed by atoms with Crippen molar-refractivity contribution in [1.29, 1.82) is 0 Å². The maximum Gasteiger partial charge on any atom is 0.183 e. The molecule has 0 aliphatic rings. The van der Waals surface area contributed by atoms with Crippen molar-refractivity contribution in [3.63, 3.8) is 0 Å². The van der Waals surface area contributed by atoms with Crippen molar-refractivity contribution in [2.24, 2.45) is 17.6 Å². The zero-order chi connectivity index (χ0) is 13.1. The molecule has 0 aliphatic carbocycles. The molecule has 0 saturated carbocycles. The Morgan fingerprint density at radius 1 is 1.33 bits per heavy atom. The average molecular weight is 248 g/mol. The zero-order valence-electron chi connectivity index (χ0n) is 10.8. The number of nitrogen functional groups attached to an aromatic ring is 1. The smallest absolute Gasteiger partial charge is 0.183 e. The number of fused-ring (bicyclic) bond motifs is 1. The normalized spacial score (nSPS) is 13.3. The van der Waals surface area contributed by atoms with Gasteiger partial charge in [-0.05, 0) is 24.8 Å². The Balaban J connectivity index is 2.18. The molecule has 0 fully saturated rings. The standard InChI is InChI=1S/C12H20N6/c1-7(2)3-8(5-13)4-9-17-10-11(14)15-6-16-12(10)18-9/h6-8H,3-5,13H2,1-2H3,(H3,14,15,16,17,18). The van der Waals surface area contributed by atoms with Gasteiger partial charge in [-0.15, -0.1) is 0 Å². The van der Waals surface area contributed by atoms with Crippen LogP contribution in [0.1, 0.15) is 26.1 Å². The molecular formula is C12H20N6. The van der Waals surface area contributed by atoms with Crippen LogP contribution < -0.4 is 11.5 Å². The van der Waals surface area contributed by atoms with Gasteiger partial charge < -0.3 is 16.5 Å². The molecule has 98 valence electrons. The predicted molar refractivity (Wildman–Crippen MR) is 71.8 cm³/mol.